The minimum absolute atomic E-state index is 0.0308. The van der Waals surface area contributed by atoms with Crippen LogP contribution in [0.15, 0.2) is 15.9 Å². The van der Waals surface area contributed by atoms with Crippen molar-refractivity contribution in [3.05, 3.63) is 27.2 Å². The Balaban J connectivity index is 2.38. The third kappa shape index (κ3) is 2.36. The SMILES string of the molecule is Cn1cnc2c1c(=O)n(CCCCC(=O)O)c(=O)n2C. The van der Waals surface area contributed by atoms with Crippen LogP contribution >= 0.6 is 0 Å². The number of carbonyl (C=O) groups is 1. The van der Waals surface area contributed by atoms with Crippen molar-refractivity contribution in [3.8, 4) is 0 Å². The summed E-state index contributed by atoms with van der Waals surface area (Å²) in [4.78, 5) is 38.9. The molecular weight excluding hydrogens is 264 g/mol. The molecule has 0 saturated heterocycles. The van der Waals surface area contributed by atoms with E-state index in [0.29, 0.717) is 24.0 Å². The van der Waals surface area contributed by atoms with Crippen LogP contribution in [0.2, 0.25) is 0 Å². The molecule has 0 atom stereocenters. The molecule has 8 heteroatoms. The Labute approximate surface area is 113 Å². The lowest BCUT2D eigenvalue weighted by Gasteiger charge is -2.08. The van der Waals surface area contributed by atoms with Gasteiger partial charge >= 0.3 is 11.7 Å². The zero-order chi connectivity index (χ0) is 14.9. The smallest absolute Gasteiger partial charge is 0.332 e. The first-order valence-electron chi connectivity index (χ1n) is 6.26. The highest BCUT2D eigenvalue weighted by Crippen LogP contribution is 2.03. The van der Waals surface area contributed by atoms with Gasteiger partial charge < -0.3 is 9.67 Å². The summed E-state index contributed by atoms with van der Waals surface area (Å²) in [6.45, 7) is 0.208. The van der Waals surface area contributed by atoms with Gasteiger partial charge in [0.05, 0.1) is 6.33 Å². The fourth-order valence-electron chi connectivity index (χ4n) is 2.14. The molecule has 20 heavy (non-hydrogen) atoms. The van der Waals surface area contributed by atoms with Crippen LogP contribution in [0.3, 0.4) is 0 Å². The van der Waals surface area contributed by atoms with E-state index in [9.17, 15) is 14.4 Å². The van der Waals surface area contributed by atoms with Crippen LogP contribution in [-0.2, 0) is 25.4 Å². The minimum atomic E-state index is -0.882. The van der Waals surface area contributed by atoms with E-state index in [-0.39, 0.29) is 13.0 Å². The highest BCUT2D eigenvalue weighted by Gasteiger charge is 2.14. The largest absolute Gasteiger partial charge is 0.481 e. The van der Waals surface area contributed by atoms with Crippen LogP contribution in [0.25, 0.3) is 11.2 Å². The number of rotatable bonds is 5. The maximum absolute atomic E-state index is 12.3. The van der Waals surface area contributed by atoms with Gasteiger partial charge in [-0.15, -0.1) is 0 Å². The van der Waals surface area contributed by atoms with Gasteiger partial charge in [0.1, 0.15) is 0 Å². The molecule has 0 saturated carbocycles. The first-order valence-corrected chi connectivity index (χ1v) is 6.26. The number of hydrogen-bond acceptors (Lipinski definition) is 4. The Morgan fingerprint density at radius 2 is 2.00 bits per heavy atom. The first-order chi connectivity index (χ1) is 9.43. The van der Waals surface area contributed by atoms with Crippen molar-refractivity contribution in [1.82, 2.24) is 18.7 Å². The summed E-state index contributed by atoms with van der Waals surface area (Å²) in [5.41, 5.74) is -0.107. The molecule has 1 N–H and O–H groups in total. The third-order valence-corrected chi connectivity index (χ3v) is 3.22. The molecule has 0 fully saturated rings. The minimum Gasteiger partial charge on any atom is -0.481 e. The summed E-state index contributed by atoms with van der Waals surface area (Å²) in [6.07, 6.45) is 2.41. The number of fused-ring (bicyclic) bond motifs is 1. The Morgan fingerprint density at radius 3 is 2.65 bits per heavy atom. The molecule has 108 valence electrons. The van der Waals surface area contributed by atoms with E-state index < -0.39 is 17.2 Å². The fraction of sp³-hybridized carbons (Fsp3) is 0.500. The molecule has 0 bridgehead atoms. The lowest BCUT2D eigenvalue weighted by molar-refractivity contribution is -0.137. The molecule has 0 spiro atoms. The highest BCUT2D eigenvalue weighted by molar-refractivity contribution is 5.69. The Hall–Kier alpha value is -2.38. The van der Waals surface area contributed by atoms with Gasteiger partial charge in [-0.2, -0.15) is 0 Å². The van der Waals surface area contributed by atoms with E-state index in [0.717, 1.165) is 4.57 Å². The lowest BCUT2D eigenvalue weighted by Crippen LogP contribution is -2.39. The van der Waals surface area contributed by atoms with Crippen molar-refractivity contribution in [2.75, 3.05) is 0 Å². The molecule has 2 rings (SSSR count). The normalized spacial score (nSPS) is 11.1. The van der Waals surface area contributed by atoms with Gasteiger partial charge in [0.15, 0.2) is 11.2 Å². The maximum atomic E-state index is 12.3. The summed E-state index contributed by atoms with van der Waals surface area (Å²) in [7, 11) is 3.25. The lowest BCUT2D eigenvalue weighted by atomic mass is 10.2. The average molecular weight is 280 g/mol. The molecule has 0 radical (unpaired) electrons. The predicted octanol–water partition coefficient (Wildman–Crippen LogP) is -0.311. The van der Waals surface area contributed by atoms with Crippen molar-refractivity contribution in [2.45, 2.75) is 25.8 Å². The van der Waals surface area contributed by atoms with Crippen LogP contribution < -0.4 is 11.2 Å². The number of carboxylic acid groups (broad SMARTS) is 1. The zero-order valence-electron chi connectivity index (χ0n) is 11.4. The van der Waals surface area contributed by atoms with E-state index in [1.54, 1.807) is 18.7 Å². The Kier molecular flexibility index (Phi) is 3.73. The number of aromatic nitrogens is 4. The van der Waals surface area contributed by atoms with E-state index in [1.165, 1.54) is 10.9 Å². The van der Waals surface area contributed by atoms with E-state index in [2.05, 4.69) is 4.98 Å². The molecule has 0 aliphatic heterocycles. The molecule has 0 aliphatic rings. The summed E-state index contributed by atoms with van der Waals surface area (Å²) in [5.74, 6) is -0.882. The van der Waals surface area contributed by atoms with E-state index >= 15 is 0 Å². The number of imidazole rings is 1. The summed E-state index contributed by atoms with van der Waals surface area (Å²) in [5, 5.41) is 8.57. The van der Waals surface area contributed by atoms with Gasteiger partial charge in [0, 0.05) is 27.1 Å². The molecule has 2 aromatic heterocycles. The van der Waals surface area contributed by atoms with Crippen molar-refractivity contribution in [2.24, 2.45) is 14.1 Å². The molecule has 0 unspecified atom stereocenters. The molecule has 2 aromatic rings. The first kappa shape index (κ1) is 14.0. The van der Waals surface area contributed by atoms with Crippen LogP contribution in [0.1, 0.15) is 19.3 Å². The van der Waals surface area contributed by atoms with Gasteiger partial charge in [0.2, 0.25) is 0 Å². The van der Waals surface area contributed by atoms with Crippen molar-refractivity contribution in [3.63, 3.8) is 0 Å². The molecular formula is C12H16N4O4. The van der Waals surface area contributed by atoms with Gasteiger partial charge in [0.25, 0.3) is 5.56 Å². The molecule has 0 aliphatic carbocycles. The predicted molar refractivity (Wildman–Crippen MR) is 71.7 cm³/mol. The summed E-state index contributed by atoms with van der Waals surface area (Å²) >= 11 is 0. The highest BCUT2D eigenvalue weighted by atomic mass is 16.4. The molecule has 0 amide bonds. The number of carboxylic acids is 1. The molecule has 2 heterocycles. The monoisotopic (exact) mass is 280 g/mol. The van der Waals surface area contributed by atoms with Gasteiger partial charge in [-0.1, -0.05) is 0 Å². The van der Waals surface area contributed by atoms with Gasteiger partial charge in [-0.25, -0.2) is 9.78 Å². The van der Waals surface area contributed by atoms with Gasteiger partial charge in [-0.05, 0) is 12.8 Å². The second-order valence-electron chi connectivity index (χ2n) is 4.68. The Bertz CT molecular complexity index is 768. The second-order valence-corrected chi connectivity index (χ2v) is 4.68. The average Bonchev–Trinajstić information content (AvgIpc) is 2.77. The van der Waals surface area contributed by atoms with Gasteiger partial charge in [-0.3, -0.25) is 18.7 Å². The van der Waals surface area contributed by atoms with E-state index in [1.807, 2.05) is 0 Å². The number of aliphatic carboxylic acids is 1. The van der Waals surface area contributed by atoms with Crippen molar-refractivity contribution < 1.29 is 9.90 Å². The van der Waals surface area contributed by atoms with E-state index in [4.69, 9.17) is 5.11 Å². The Morgan fingerprint density at radius 1 is 1.30 bits per heavy atom. The van der Waals surface area contributed by atoms with Crippen LogP contribution in [0.5, 0.6) is 0 Å². The number of unbranched alkanes of at least 4 members (excludes halogenated alkanes) is 1. The quantitative estimate of drug-likeness (QED) is 0.757. The molecule has 8 nitrogen and oxygen atoms in total. The standard InChI is InChI=1S/C12H16N4O4/c1-14-7-13-10-9(14)11(19)16(12(20)15(10)2)6-4-3-5-8(17)18/h7H,3-6H2,1-2H3,(H,17,18). The second kappa shape index (κ2) is 5.32. The fourth-order valence-corrected chi connectivity index (χ4v) is 2.14. The van der Waals surface area contributed by atoms with Crippen molar-refractivity contribution >= 4 is 17.1 Å². The number of hydrogen-bond donors (Lipinski definition) is 1. The summed E-state index contributed by atoms with van der Waals surface area (Å²) < 4.78 is 4.03. The zero-order valence-corrected chi connectivity index (χ0v) is 11.4. The van der Waals surface area contributed by atoms with Crippen LogP contribution in [-0.4, -0.2) is 29.8 Å². The van der Waals surface area contributed by atoms with Crippen LogP contribution in [0, 0.1) is 0 Å². The third-order valence-electron chi connectivity index (χ3n) is 3.22. The van der Waals surface area contributed by atoms with Crippen LogP contribution in [0.4, 0.5) is 0 Å². The molecule has 0 aromatic carbocycles. The maximum Gasteiger partial charge on any atom is 0.332 e. The van der Waals surface area contributed by atoms with Crippen molar-refractivity contribution in [1.29, 1.82) is 0 Å². The summed E-state index contributed by atoms with van der Waals surface area (Å²) in [6, 6.07) is 0. The topological polar surface area (TPSA) is 99.1 Å². The number of nitrogens with zero attached hydrogens (tertiary/aromatic N) is 4. The number of aryl methyl sites for hydroxylation is 2.